The van der Waals surface area contributed by atoms with Gasteiger partial charge >= 0.3 is 5.97 Å². The lowest BCUT2D eigenvalue weighted by Crippen LogP contribution is -2.34. The number of thiazole rings is 1. The first-order valence-electron chi connectivity index (χ1n) is 17.4. The van der Waals surface area contributed by atoms with Crippen LogP contribution in [0.5, 0.6) is 0 Å². The average Bonchev–Trinajstić information content (AvgIpc) is 3.70. The van der Waals surface area contributed by atoms with Gasteiger partial charge in [0.2, 0.25) is 0 Å². The number of hydrogen-bond donors (Lipinski definition) is 1. The molecule has 0 amide bonds. The van der Waals surface area contributed by atoms with E-state index in [4.69, 9.17) is 4.18 Å². The highest BCUT2D eigenvalue weighted by molar-refractivity contribution is 8.19. The third-order valence-corrected chi connectivity index (χ3v) is 13.3. The fraction of sp³-hybridized carbons (Fsp3) is 0.268. The van der Waals surface area contributed by atoms with E-state index in [1.165, 1.54) is 76.1 Å². The molecule has 1 fully saturated rings. The molecular formula is C41H40N2O4S4. The summed E-state index contributed by atoms with van der Waals surface area (Å²) >= 11 is 5.93. The molecule has 2 aliphatic heterocycles. The van der Waals surface area contributed by atoms with Crippen molar-refractivity contribution in [3.05, 3.63) is 136 Å². The first-order valence-corrected chi connectivity index (χ1v) is 20.9. The Labute approximate surface area is 315 Å². The van der Waals surface area contributed by atoms with Crippen molar-refractivity contribution in [3.63, 3.8) is 0 Å². The number of nitrogens with zero attached hydrogens (tertiary/aromatic N) is 2. The predicted molar refractivity (Wildman–Crippen MR) is 218 cm³/mol. The van der Waals surface area contributed by atoms with Crippen LogP contribution in [0.2, 0.25) is 0 Å². The maximum Gasteiger partial charge on any atom is 0.323 e. The Kier molecular flexibility index (Phi) is 11.6. The van der Waals surface area contributed by atoms with Crippen molar-refractivity contribution in [3.8, 4) is 0 Å². The molecule has 4 heterocycles. The second kappa shape index (κ2) is 16.7. The Bertz CT molecular complexity index is 2230. The fourth-order valence-corrected chi connectivity index (χ4v) is 10.7. The number of aromatic nitrogens is 1. The summed E-state index contributed by atoms with van der Waals surface area (Å²) in [6.45, 7) is 3.25. The third kappa shape index (κ3) is 8.31. The molecule has 1 N–H and O–H groups in total. The number of anilines is 2. The Morgan fingerprint density at radius 1 is 0.902 bits per heavy atom. The molecule has 0 bridgehead atoms. The number of aliphatic carboxylic acids is 1. The first kappa shape index (κ1) is 35.6. The van der Waals surface area contributed by atoms with Gasteiger partial charge in [-0.1, -0.05) is 80.8 Å². The maximum atomic E-state index is 13.5. The summed E-state index contributed by atoms with van der Waals surface area (Å²) in [5.74, 6) is -1.04. The van der Waals surface area contributed by atoms with Crippen molar-refractivity contribution in [1.82, 2.24) is 4.57 Å². The lowest BCUT2D eigenvalue weighted by molar-refractivity contribution is -0.137. The van der Waals surface area contributed by atoms with E-state index in [2.05, 4.69) is 90.7 Å². The van der Waals surface area contributed by atoms with Gasteiger partial charge in [0.05, 0.1) is 16.2 Å². The summed E-state index contributed by atoms with van der Waals surface area (Å²) in [4.78, 5) is 30.7. The van der Waals surface area contributed by atoms with Crippen molar-refractivity contribution < 1.29 is 14.1 Å². The number of aryl methyl sites for hydroxylation is 2. The number of thioether (sulfide) groups is 1. The Morgan fingerprint density at radius 2 is 1.71 bits per heavy atom. The number of thiophene rings is 1. The second-order valence-electron chi connectivity index (χ2n) is 12.6. The third-order valence-electron chi connectivity index (χ3n) is 9.13. The topological polar surface area (TPSA) is 71.8 Å². The van der Waals surface area contributed by atoms with E-state index in [9.17, 15) is 14.7 Å². The van der Waals surface area contributed by atoms with Crippen molar-refractivity contribution in [1.29, 1.82) is 0 Å². The summed E-state index contributed by atoms with van der Waals surface area (Å²) < 4.78 is 8.09. The predicted octanol–water partition coefficient (Wildman–Crippen LogP) is 8.77. The number of fused-ring (bicyclic) bond motifs is 2. The monoisotopic (exact) mass is 752 g/mol. The van der Waals surface area contributed by atoms with Crippen LogP contribution in [0.25, 0.3) is 22.6 Å². The summed E-state index contributed by atoms with van der Waals surface area (Å²) in [6.07, 6.45) is 11.1. The van der Waals surface area contributed by atoms with E-state index in [0.29, 0.717) is 20.9 Å². The standard InChI is InChI=1S/C41H40N2O4S4/c1-2-3-4-10-21-42-34-14-9-8-13-30(34)16-17-31-22-28(15-19-35(31)42)23-33(29-11-6-5-7-12-29)36-20-18-32(50-36)24-37-40(46)43(25-39(44)45)41(51-37)38-26-47-49-27-48-38/h5-9,11-15,18-20,22-24H,2-4,10,16-17,21,25-27H2,1H3,(H,44,45)/b33-23+,37-24+,41-38+. The Balaban J connectivity index is 1.26. The van der Waals surface area contributed by atoms with Gasteiger partial charge in [0.25, 0.3) is 5.56 Å². The lowest BCUT2D eigenvalue weighted by atomic mass is 9.98. The zero-order valence-corrected chi connectivity index (χ0v) is 31.8. The van der Waals surface area contributed by atoms with Crippen LogP contribution in [0.3, 0.4) is 0 Å². The highest BCUT2D eigenvalue weighted by atomic mass is 32.2. The molecule has 0 aliphatic carbocycles. The molecule has 0 saturated carbocycles. The van der Waals surface area contributed by atoms with Crippen molar-refractivity contribution >= 4 is 86.5 Å². The van der Waals surface area contributed by atoms with E-state index in [1.807, 2.05) is 18.2 Å². The van der Waals surface area contributed by atoms with Crippen LogP contribution in [0, 0.1) is 0 Å². The summed E-state index contributed by atoms with van der Waals surface area (Å²) in [6, 6.07) is 30.4. The van der Waals surface area contributed by atoms with Gasteiger partial charge in [0.1, 0.15) is 11.2 Å². The number of unbranched alkanes of at least 4 members (excludes halogenated alkanes) is 3. The molecule has 1 saturated heterocycles. The largest absolute Gasteiger partial charge is 0.480 e. The number of carbonyl (C=O) groups is 1. The first-order chi connectivity index (χ1) is 25.0. The molecule has 0 atom stereocenters. The van der Waals surface area contributed by atoms with Gasteiger partial charge in [0, 0.05) is 44.6 Å². The number of hydrogen-bond acceptors (Lipinski definition) is 8. The van der Waals surface area contributed by atoms with Gasteiger partial charge in [-0.25, -0.2) is 0 Å². The molecular weight excluding hydrogens is 713 g/mol. The van der Waals surface area contributed by atoms with Crippen LogP contribution in [-0.2, 0) is 28.4 Å². The van der Waals surface area contributed by atoms with Crippen LogP contribution in [-0.4, -0.2) is 33.9 Å². The minimum atomic E-state index is -1.04. The molecule has 2 aliphatic rings. The Morgan fingerprint density at radius 3 is 2.51 bits per heavy atom. The summed E-state index contributed by atoms with van der Waals surface area (Å²) in [5.41, 5.74) is 8.52. The number of carboxylic acids is 1. The quantitative estimate of drug-likeness (QED) is 0.0822. The van der Waals surface area contributed by atoms with Crippen LogP contribution >= 0.6 is 46.5 Å². The van der Waals surface area contributed by atoms with Crippen LogP contribution in [0.1, 0.15) is 64.6 Å². The number of benzene rings is 3. The fourth-order valence-electron chi connectivity index (χ4n) is 6.66. The SMILES string of the molecule is CCCCCCN1c2ccccc2CCc2cc(/C=C(\c3ccccc3)c3ccc(/C=c4/s/c(=C5\COSCS5)n(CC(=O)O)c4=O)s3)ccc21. The molecule has 0 spiro atoms. The van der Waals surface area contributed by atoms with Gasteiger partial charge in [-0.2, -0.15) is 0 Å². The van der Waals surface area contributed by atoms with Gasteiger partial charge < -0.3 is 14.2 Å². The van der Waals surface area contributed by atoms with Crippen LogP contribution in [0.15, 0.2) is 89.7 Å². The van der Waals surface area contributed by atoms with E-state index >= 15 is 0 Å². The number of carboxylic acid groups (broad SMARTS) is 1. The molecule has 3 aromatic carbocycles. The Hall–Kier alpha value is -3.80. The van der Waals surface area contributed by atoms with Gasteiger partial charge in [0.15, 0.2) is 0 Å². The molecule has 0 unspecified atom stereocenters. The van der Waals surface area contributed by atoms with Gasteiger partial charge in [-0.3, -0.25) is 14.2 Å². The van der Waals surface area contributed by atoms with Crippen molar-refractivity contribution in [2.75, 3.05) is 23.1 Å². The minimum Gasteiger partial charge on any atom is -0.480 e. The van der Waals surface area contributed by atoms with Crippen molar-refractivity contribution in [2.24, 2.45) is 0 Å². The zero-order chi connectivity index (χ0) is 35.2. The second-order valence-corrected chi connectivity index (χ2v) is 17.0. The highest BCUT2D eigenvalue weighted by Gasteiger charge is 2.21. The smallest absolute Gasteiger partial charge is 0.323 e. The van der Waals surface area contributed by atoms with E-state index < -0.39 is 5.97 Å². The molecule has 7 rings (SSSR count). The van der Waals surface area contributed by atoms with E-state index in [0.717, 1.165) is 50.7 Å². The maximum absolute atomic E-state index is 13.5. The van der Waals surface area contributed by atoms with E-state index in [1.54, 1.807) is 23.1 Å². The van der Waals surface area contributed by atoms with Crippen LogP contribution < -0.4 is 19.7 Å². The molecule has 262 valence electrons. The van der Waals surface area contributed by atoms with Gasteiger partial charge in [-0.05, 0) is 89.6 Å². The summed E-state index contributed by atoms with van der Waals surface area (Å²) in [7, 11) is 0. The zero-order valence-electron chi connectivity index (χ0n) is 28.5. The molecule has 51 heavy (non-hydrogen) atoms. The number of rotatable bonds is 11. The van der Waals surface area contributed by atoms with Crippen molar-refractivity contribution in [2.45, 2.75) is 52.0 Å². The summed E-state index contributed by atoms with van der Waals surface area (Å²) in [5, 5.41) is 10.3. The minimum absolute atomic E-state index is 0.288. The molecule has 10 heteroatoms. The molecule has 5 aromatic rings. The number of para-hydroxylation sites is 1. The molecule has 0 radical (unpaired) electrons. The van der Waals surface area contributed by atoms with E-state index in [-0.39, 0.29) is 12.1 Å². The lowest BCUT2D eigenvalue weighted by Gasteiger charge is -2.27. The van der Waals surface area contributed by atoms with Crippen LogP contribution in [0.4, 0.5) is 11.4 Å². The molecule has 6 nitrogen and oxygen atoms in total. The van der Waals surface area contributed by atoms with Gasteiger partial charge in [-0.15, -0.1) is 34.4 Å². The highest BCUT2D eigenvalue weighted by Crippen LogP contribution is 2.38. The average molecular weight is 753 g/mol. The molecule has 2 aromatic heterocycles. The normalized spacial score (nSPS) is 16.1.